The van der Waals surface area contributed by atoms with E-state index in [9.17, 15) is 9.59 Å². The van der Waals surface area contributed by atoms with Gasteiger partial charge in [0.25, 0.3) is 11.8 Å². The van der Waals surface area contributed by atoms with Crippen LogP contribution in [0, 0.1) is 0 Å². The molecule has 0 saturated carbocycles. The van der Waals surface area contributed by atoms with E-state index in [1.807, 2.05) is 36.4 Å². The van der Waals surface area contributed by atoms with Crippen LogP contribution in [0.25, 0.3) is 16.6 Å². The van der Waals surface area contributed by atoms with Gasteiger partial charge in [-0.3, -0.25) is 24.0 Å². The van der Waals surface area contributed by atoms with Crippen LogP contribution in [-0.2, 0) is 11.8 Å². The second kappa shape index (κ2) is 7.65. The third-order valence-electron chi connectivity index (χ3n) is 3.93. The second-order valence-electron chi connectivity index (χ2n) is 5.96. The average molecular weight is 394 g/mol. The van der Waals surface area contributed by atoms with Gasteiger partial charge in [0.2, 0.25) is 5.91 Å². The van der Waals surface area contributed by atoms with Crippen LogP contribution < -0.4 is 15.6 Å². The summed E-state index contributed by atoms with van der Waals surface area (Å²) < 4.78 is 7.93. The smallest absolute Gasteiger partial charge is 0.288 e. The fraction of sp³-hybridized carbons (Fsp3) is 0.105. The Labute approximate surface area is 163 Å². The molecule has 0 spiro atoms. The number of para-hydroxylation sites is 2. The Kier molecular flexibility index (Phi) is 4.90. The van der Waals surface area contributed by atoms with E-state index in [1.165, 1.54) is 21.0 Å². The van der Waals surface area contributed by atoms with Crippen molar-refractivity contribution in [1.29, 1.82) is 0 Å². The van der Waals surface area contributed by atoms with Gasteiger partial charge in [-0.15, -0.1) is 0 Å². The minimum absolute atomic E-state index is 0.0576. The molecular weight excluding hydrogens is 378 g/mol. The molecule has 0 saturated heterocycles. The molecule has 0 aliphatic rings. The number of hydrogen-bond donors (Lipinski definition) is 1. The molecule has 0 fully saturated rings. The summed E-state index contributed by atoms with van der Waals surface area (Å²) >= 11 is 1.18. The zero-order chi connectivity index (χ0) is 19.5. The largest absolute Gasteiger partial charge is 0.302 e. The predicted molar refractivity (Wildman–Crippen MR) is 104 cm³/mol. The van der Waals surface area contributed by atoms with E-state index in [2.05, 4.69) is 15.6 Å². The molecule has 0 radical (unpaired) electrons. The van der Waals surface area contributed by atoms with Crippen molar-refractivity contribution in [3.8, 4) is 5.69 Å². The Bertz CT molecular complexity index is 1200. The van der Waals surface area contributed by atoms with Crippen molar-refractivity contribution in [2.24, 2.45) is 7.05 Å². The van der Waals surface area contributed by atoms with E-state index in [1.54, 1.807) is 31.4 Å². The number of aryl methyl sites for hydroxylation is 1. The van der Waals surface area contributed by atoms with E-state index in [0.29, 0.717) is 21.7 Å². The van der Waals surface area contributed by atoms with Crippen LogP contribution in [-0.4, -0.2) is 26.5 Å². The predicted octanol–water partition coefficient (Wildman–Crippen LogP) is 1.93. The second-order valence-corrected chi connectivity index (χ2v) is 6.91. The highest BCUT2D eigenvalue weighted by Crippen LogP contribution is 2.21. The molecule has 1 amide bonds. The van der Waals surface area contributed by atoms with Crippen LogP contribution in [0.4, 0.5) is 5.88 Å². The lowest BCUT2D eigenvalue weighted by Crippen LogP contribution is -2.28. The van der Waals surface area contributed by atoms with Crippen molar-refractivity contribution in [1.82, 2.24) is 14.8 Å². The number of aromatic nitrogens is 4. The maximum Gasteiger partial charge on any atom is 0.302 e. The topological polar surface area (TPSA) is 93.9 Å². The third kappa shape index (κ3) is 3.65. The highest BCUT2D eigenvalue weighted by atomic mass is 32.2. The standard InChI is InChI=1S/C19H15N5O3S/c1-23-11-17(27-22-23)21-16(25)12-28-19-20-15-10-6-5-9-14(15)18(26)24(19)13-7-3-2-4-8-13/h2-11H,12H2,1H3/p+1. The van der Waals surface area contributed by atoms with Gasteiger partial charge in [0.1, 0.15) is 0 Å². The number of nitrogens with one attached hydrogen (secondary N) is 1. The van der Waals surface area contributed by atoms with Gasteiger partial charge in [-0.1, -0.05) is 46.8 Å². The van der Waals surface area contributed by atoms with Gasteiger partial charge in [-0.25, -0.2) is 4.98 Å². The van der Waals surface area contributed by atoms with Gasteiger partial charge in [0.15, 0.2) is 17.5 Å². The fourth-order valence-electron chi connectivity index (χ4n) is 2.70. The van der Waals surface area contributed by atoms with Crippen LogP contribution in [0.2, 0.25) is 0 Å². The van der Waals surface area contributed by atoms with Crippen molar-refractivity contribution in [3.05, 3.63) is 71.1 Å². The van der Waals surface area contributed by atoms with Crippen LogP contribution in [0.15, 0.2) is 75.3 Å². The molecule has 2 aromatic heterocycles. The molecule has 0 bridgehead atoms. The van der Waals surface area contributed by atoms with E-state index in [-0.39, 0.29) is 23.1 Å². The quantitative estimate of drug-likeness (QED) is 0.316. The Morgan fingerprint density at radius 3 is 2.68 bits per heavy atom. The number of thioether (sulfide) groups is 1. The highest BCUT2D eigenvalue weighted by Gasteiger charge is 2.16. The van der Waals surface area contributed by atoms with Crippen molar-refractivity contribution in [2.45, 2.75) is 5.16 Å². The lowest BCUT2D eigenvalue weighted by atomic mass is 10.2. The van der Waals surface area contributed by atoms with Gasteiger partial charge in [-0.2, -0.15) is 0 Å². The first-order valence-corrected chi connectivity index (χ1v) is 9.43. The summed E-state index contributed by atoms with van der Waals surface area (Å²) in [5, 5.41) is 7.23. The summed E-state index contributed by atoms with van der Waals surface area (Å²) in [5.41, 5.74) is 1.10. The number of benzene rings is 2. The third-order valence-corrected chi connectivity index (χ3v) is 4.86. The lowest BCUT2D eigenvalue weighted by molar-refractivity contribution is -0.739. The zero-order valence-electron chi connectivity index (χ0n) is 14.9. The molecule has 9 heteroatoms. The maximum atomic E-state index is 13.1. The van der Waals surface area contributed by atoms with Crippen LogP contribution in [0.1, 0.15) is 0 Å². The molecule has 0 aliphatic heterocycles. The van der Waals surface area contributed by atoms with Gasteiger partial charge in [0, 0.05) is 0 Å². The van der Waals surface area contributed by atoms with Crippen molar-refractivity contribution in [2.75, 3.05) is 11.1 Å². The van der Waals surface area contributed by atoms with Crippen LogP contribution in [0.5, 0.6) is 0 Å². The van der Waals surface area contributed by atoms with E-state index >= 15 is 0 Å². The SMILES string of the molecule is C[n+]1cc(NC(=O)CSc2nc3ccccc3c(=O)n2-c2ccccc2)on1. The van der Waals surface area contributed by atoms with Crippen molar-refractivity contribution >= 4 is 34.5 Å². The van der Waals surface area contributed by atoms with E-state index < -0.39 is 0 Å². The van der Waals surface area contributed by atoms with E-state index in [4.69, 9.17) is 4.52 Å². The monoisotopic (exact) mass is 394 g/mol. The van der Waals surface area contributed by atoms with E-state index in [0.717, 1.165) is 0 Å². The van der Waals surface area contributed by atoms with Crippen molar-refractivity contribution in [3.63, 3.8) is 0 Å². The summed E-state index contributed by atoms with van der Waals surface area (Å²) in [6.07, 6.45) is 1.55. The van der Waals surface area contributed by atoms with Crippen LogP contribution in [0.3, 0.4) is 0 Å². The molecular formula is C19H16N5O3S+. The zero-order valence-corrected chi connectivity index (χ0v) is 15.7. The van der Waals surface area contributed by atoms with Crippen LogP contribution >= 0.6 is 11.8 Å². The number of nitrogens with zero attached hydrogens (tertiary/aromatic N) is 4. The highest BCUT2D eigenvalue weighted by molar-refractivity contribution is 7.99. The molecule has 0 atom stereocenters. The lowest BCUT2D eigenvalue weighted by Gasteiger charge is -2.12. The molecule has 0 aliphatic carbocycles. The number of fused-ring (bicyclic) bond motifs is 1. The molecule has 8 nitrogen and oxygen atoms in total. The summed E-state index contributed by atoms with van der Waals surface area (Å²) in [6.45, 7) is 0. The molecule has 4 rings (SSSR count). The first-order valence-electron chi connectivity index (χ1n) is 8.44. The Balaban J connectivity index is 1.67. The molecule has 4 aromatic rings. The fourth-order valence-corrected chi connectivity index (χ4v) is 3.51. The van der Waals surface area contributed by atoms with Gasteiger partial charge >= 0.3 is 5.88 Å². The molecule has 2 aromatic carbocycles. The normalized spacial score (nSPS) is 10.9. The first kappa shape index (κ1) is 17.9. The molecule has 140 valence electrons. The molecule has 2 heterocycles. The van der Waals surface area contributed by atoms with Gasteiger partial charge in [-0.05, 0) is 24.3 Å². The summed E-state index contributed by atoms with van der Waals surface area (Å²) in [6, 6.07) is 16.4. The van der Waals surface area contributed by atoms with Gasteiger partial charge in [0.05, 0.1) is 22.3 Å². The number of anilines is 1. The summed E-state index contributed by atoms with van der Waals surface area (Å²) in [4.78, 5) is 29.9. The molecule has 0 unspecified atom stereocenters. The molecule has 1 N–H and O–H groups in total. The Morgan fingerprint density at radius 1 is 1.18 bits per heavy atom. The minimum Gasteiger partial charge on any atom is -0.288 e. The first-order chi connectivity index (χ1) is 13.6. The summed E-state index contributed by atoms with van der Waals surface area (Å²) in [7, 11) is 1.69. The maximum absolute atomic E-state index is 13.1. The minimum atomic E-state index is -0.288. The van der Waals surface area contributed by atoms with Gasteiger partial charge < -0.3 is 0 Å². The number of rotatable bonds is 5. The number of carbonyl (C=O) groups is 1. The number of hydrogen-bond acceptors (Lipinski definition) is 6. The van der Waals surface area contributed by atoms with Crippen molar-refractivity contribution < 1.29 is 14.0 Å². The molecule has 28 heavy (non-hydrogen) atoms. The average Bonchev–Trinajstić information content (AvgIpc) is 3.11. The Morgan fingerprint density at radius 2 is 1.93 bits per heavy atom. The number of carbonyl (C=O) groups excluding carboxylic acids is 1. The Hall–Kier alpha value is -3.46. The summed E-state index contributed by atoms with van der Waals surface area (Å²) in [5.74, 6) is 0.0194. The number of amides is 1.